The van der Waals surface area contributed by atoms with Crippen molar-refractivity contribution in [3.05, 3.63) is 41.1 Å². The smallest absolute Gasteiger partial charge is 0.238 e. The molecule has 0 bridgehead atoms. The van der Waals surface area contributed by atoms with Crippen LogP contribution in [0.1, 0.15) is 16.8 Å². The predicted octanol–water partition coefficient (Wildman–Crippen LogP) is 2.51. The van der Waals surface area contributed by atoms with Crippen LogP contribution in [0.5, 0.6) is 0 Å². The van der Waals surface area contributed by atoms with E-state index in [2.05, 4.69) is 5.16 Å². The maximum Gasteiger partial charge on any atom is 0.238 e. The van der Waals surface area contributed by atoms with Gasteiger partial charge in [0.15, 0.2) is 5.76 Å². The van der Waals surface area contributed by atoms with Crippen molar-refractivity contribution in [2.24, 2.45) is 0 Å². The van der Waals surface area contributed by atoms with Crippen LogP contribution >= 0.6 is 10.7 Å². The Kier molecular flexibility index (Phi) is 2.68. The third kappa shape index (κ3) is 2.04. The van der Waals surface area contributed by atoms with Gasteiger partial charge in [-0.2, -0.15) is 0 Å². The van der Waals surface area contributed by atoms with Gasteiger partial charge in [-0.05, 0) is 18.4 Å². The minimum atomic E-state index is -3.61. The van der Waals surface area contributed by atoms with E-state index in [0.717, 1.165) is 24.0 Å². The molecule has 0 atom stereocenters. The number of benzene rings is 1. The van der Waals surface area contributed by atoms with Crippen LogP contribution in [0, 0.1) is 0 Å². The van der Waals surface area contributed by atoms with Gasteiger partial charge in [0.1, 0.15) is 11.4 Å². The lowest BCUT2D eigenvalue weighted by atomic mass is 9.90. The van der Waals surface area contributed by atoms with Crippen molar-refractivity contribution >= 4 is 19.7 Å². The first kappa shape index (κ1) is 11.7. The van der Waals surface area contributed by atoms with Crippen LogP contribution in [-0.2, 0) is 27.6 Å². The quantitative estimate of drug-likeness (QED) is 0.795. The normalized spacial score (nSPS) is 14.1. The van der Waals surface area contributed by atoms with E-state index in [1.54, 1.807) is 0 Å². The molecule has 94 valence electrons. The topological polar surface area (TPSA) is 60.2 Å². The molecular weight excluding hydrogens is 274 g/mol. The molecule has 3 rings (SSSR count). The molecule has 0 N–H and O–H groups in total. The van der Waals surface area contributed by atoms with E-state index in [9.17, 15) is 8.42 Å². The number of nitrogens with zero attached hydrogens (tertiary/aromatic N) is 1. The molecule has 6 heteroatoms. The number of fused-ring (bicyclic) bond motifs is 3. The zero-order valence-corrected chi connectivity index (χ0v) is 11.0. The first-order chi connectivity index (χ1) is 8.54. The Morgan fingerprint density at radius 2 is 2.06 bits per heavy atom. The van der Waals surface area contributed by atoms with Gasteiger partial charge in [-0.3, -0.25) is 0 Å². The molecular formula is C12H10ClNO3S. The van der Waals surface area contributed by atoms with Gasteiger partial charge in [-0.25, -0.2) is 8.42 Å². The summed E-state index contributed by atoms with van der Waals surface area (Å²) in [6.45, 7) is 0. The van der Waals surface area contributed by atoms with E-state index in [1.165, 1.54) is 5.56 Å². The lowest BCUT2D eigenvalue weighted by molar-refractivity contribution is 0.424. The van der Waals surface area contributed by atoms with Crippen LogP contribution in [0.4, 0.5) is 0 Å². The minimum Gasteiger partial charge on any atom is -0.356 e. The van der Waals surface area contributed by atoms with Gasteiger partial charge in [0.2, 0.25) is 9.05 Å². The maximum absolute atomic E-state index is 11.1. The monoisotopic (exact) mass is 283 g/mol. The Labute approximate surface area is 109 Å². The molecule has 1 aromatic carbocycles. The summed E-state index contributed by atoms with van der Waals surface area (Å²) in [5.41, 5.74) is 3.47. The van der Waals surface area contributed by atoms with E-state index in [4.69, 9.17) is 15.2 Å². The summed E-state index contributed by atoms with van der Waals surface area (Å²) in [5.74, 6) is 0.391. The molecule has 0 saturated heterocycles. The van der Waals surface area contributed by atoms with Gasteiger partial charge >= 0.3 is 0 Å². The first-order valence-electron chi connectivity index (χ1n) is 5.52. The van der Waals surface area contributed by atoms with Gasteiger partial charge < -0.3 is 4.52 Å². The molecule has 1 heterocycles. The van der Waals surface area contributed by atoms with E-state index in [1.807, 2.05) is 24.3 Å². The second-order valence-corrected chi connectivity index (χ2v) is 7.05. The molecule has 1 aliphatic carbocycles. The van der Waals surface area contributed by atoms with E-state index in [-0.39, 0.29) is 5.75 Å². The van der Waals surface area contributed by atoms with Crippen molar-refractivity contribution < 1.29 is 12.9 Å². The summed E-state index contributed by atoms with van der Waals surface area (Å²) in [6, 6.07) is 7.90. The lowest BCUT2D eigenvalue weighted by Crippen LogP contribution is -2.05. The number of halogens is 1. The molecule has 1 aromatic heterocycles. The molecule has 0 aliphatic heterocycles. The van der Waals surface area contributed by atoms with E-state index in [0.29, 0.717) is 11.5 Å². The number of hydrogen-bond donors (Lipinski definition) is 0. The summed E-state index contributed by atoms with van der Waals surface area (Å²) in [5, 5.41) is 3.84. The van der Waals surface area contributed by atoms with Gasteiger partial charge in [-0.1, -0.05) is 29.4 Å². The van der Waals surface area contributed by atoms with Crippen LogP contribution in [-0.4, -0.2) is 13.6 Å². The first-order valence-corrected chi connectivity index (χ1v) is 8.00. The van der Waals surface area contributed by atoms with Crippen LogP contribution in [0.15, 0.2) is 28.8 Å². The summed E-state index contributed by atoms with van der Waals surface area (Å²) in [6.07, 6.45) is 1.59. The Morgan fingerprint density at radius 1 is 1.28 bits per heavy atom. The fourth-order valence-corrected chi connectivity index (χ4v) is 3.17. The van der Waals surface area contributed by atoms with Crippen LogP contribution in [0.25, 0.3) is 11.3 Å². The van der Waals surface area contributed by atoms with Crippen molar-refractivity contribution in [3.8, 4) is 11.3 Å². The zero-order chi connectivity index (χ0) is 12.8. The highest BCUT2D eigenvalue weighted by Gasteiger charge is 2.25. The minimum absolute atomic E-state index is 0.282. The second-order valence-electron chi connectivity index (χ2n) is 4.28. The fourth-order valence-electron chi connectivity index (χ4n) is 2.31. The van der Waals surface area contributed by atoms with Crippen molar-refractivity contribution in [1.82, 2.24) is 5.16 Å². The SMILES string of the molecule is O=S(=O)(Cl)Cc1noc2c1CCc1ccccc1-2. The van der Waals surface area contributed by atoms with Crippen LogP contribution in [0.2, 0.25) is 0 Å². The zero-order valence-electron chi connectivity index (χ0n) is 9.39. The van der Waals surface area contributed by atoms with Crippen LogP contribution in [0.3, 0.4) is 0 Å². The molecule has 2 aromatic rings. The third-order valence-corrected chi connectivity index (χ3v) is 4.03. The molecule has 0 unspecified atom stereocenters. The number of aryl methyl sites for hydroxylation is 1. The Hall–Kier alpha value is -1.33. The summed E-state index contributed by atoms with van der Waals surface area (Å²) < 4.78 is 27.5. The van der Waals surface area contributed by atoms with Crippen molar-refractivity contribution in [3.63, 3.8) is 0 Å². The van der Waals surface area contributed by atoms with Gasteiger partial charge in [0.25, 0.3) is 0 Å². The molecule has 0 spiro atoms. The molecule has 18 heavy (non-hydrogen) atoms. The van der Waals surface area contributed by atoms with Crippen molar-refractivity contribution in [2.45, 2.75) is 18.6 Å². The van der Waals surface area contributed by atoms with Gasteiger partial charge in [-0.15, -0.1) is 0 Å². The summed E-state index contributed by atoms with van der Waals surface area (Å²) in [4.78, 5) is 0. The molecule has 0 saturated carbocycles. The number of hydrogen-bond acceptors (Lipinski definition) is 4. The standard InChI is InChI=1S/C12H10ClNO3S/c13-18(15,16)7-11-10-6-5-8-3-1-2-4-9(8)12(10)17-14-11/h1-4H,5-7H2. The van der Waals surface area contributed by atoms with E-state index < -0.39 is 9.05 Å². The van der Waals surface area contributed by atoms with Crippen molar-refractivity contribution in [2.75, 3.05) is 0 Å². The molecule has 4 nitrogen and oxygen atoms in total. The van der Waals surface area contributed by atoms with Gasteiger partial charge in [0, 0.05) is 21.8 Å². The van der Waals surface area contributed by atoms with Crippen molar-refractivity contribution in [1.29, 1.82) is 0 Å². The predicted molar refractivity (Wildman–Crippen MR) is 67.8 cm³/mol. The molecule has 1 aliphatic rings. The summed E-state index contributed by atoms with van der Waals surface area (Å²) in [7, 11) is 1.65. The maximum atomic E-state index is 11.1. The second kappa shape index (κ2) is 4.10. The average molecular weight is 284 g/mol. The molecule has 0 fully saturated rings. The number of rotatable bonds is 2. The molecule has 0 amide bonds. The highest BCUT2D eigenvalue weighted by Crippen LogP contribution is 2.35. The highest BCUT2D eigenvalue weighted by molar-refractivity contribution is 8.13. The highest BCUT2D eigenvalue weighted by atomic mass is 35.7. The van der Waals surface area contributed by atoms with Crippen LogP contribution < -0.4 is 0 Å². The fraction of sp³-hybridized carbons (Fsp3) is 0.250. The Bertz CT molecular complexity index is 706. The third-order valence-electron chi connectivity index (χ3n) is 3.09. The number of aromatic nitrogens is 1. The lowest BCUT2D eigenvalue weighted by Gasteiger charge is -2.14. The van der Waals surface area contributed by atoms with Gasteiger partial charge in [0.05, 0.1) is 0 Å². The average Bonchev–Trinajstić information content (AvgIpc) is 2.71. The molecule has 0 radical (unpaired) electrons. The largest absolute Gasteiger partial charge is 0.356 e. The Morgan fingerprint density at radius 3 is 2.83 bits per heavy atom. The Balaban J connectivity index is 2.10. The summed E-state index contributed by atoms with van der Waals surface area (Å²) >= 11 is 0. The van der Waals surface area contributed by atoms with E-state index >= 15 is 0 Å².